The fourth-order valence-corrected chi connectivity index (χ4v) is 3.28. The minimum atomic E-state index is -3.68. The topological polar surface area (TPSA) is 83.6 Å². The van der Waals surface area contributed by atoms with Gasteiger partial charge < -0.3 is 5.32 Å². The van der Waals surface area contributed by atoms with Gasteiger partial charge in [0.05, 0.1) is 11.9 Å². The second kappa shape index (κ2) is 8.09. The number of nitrogens with one attached hydrogen (secondary N) is 1. The van der Waals surface area contributed by atoms with Crippen molar-refractivity contribution in [3.63, 3.8) is 0 Å². The van der Waals surface area contributed by atoms with Crippen LogP contribution in [0, 0.1) is 5.82 Å². The zero-order chi connectivity index (χ0) is 19.3. The Bertz CT molecular complexity index is 928. The fourth-order valence-electron chi connectivity index (χ4n) is 2.36. The van der Waals surface area contributed by atoms with Crippen molar-refractivity contribution in [1.29, 1.82) is 0 Å². The molecule has 26 heavy (non-hydrogen) atoms. The molecule has 2 aromatic carbocycles. The van der Waals surface area contributed by atoms with Gasteiger partial charge in [0.25, 0.3) is 0 Å². The maximum atomic E-state index is 13.4. The van der Waals surface area contributed by atoms with E-state index in [2.05, 4.69) is 5.32 Å². The Hall–Kier alpha value is -2.74. The van der Waals surface area contributed by atoms with Crippen molar-refractivity contribution in [2.75, 3.05) is 22.4 Å². The molecule has 6 nitrogen and oxygen atoms in total. The number of nitrogens with zero attached hydrogens (tertiary/aromatic N) is 1. The zero-order valence-corrected chi connectivity index (χ0v) is 15.2. The summed E-state index contributed by atoms with van der Waals surface area (Å²) in [6, 6.07) is 11.6. The van der Waals surface area contributed by atoms with E-state index in [0.717, 1.165) is 16.6 Å². The van der Waals surface area contributed by atoms with Crippen molar-refractivity contribution in [3.8, 4) is 0 Å². The Morgan fingerprint density at radius 2 is 1.81 bits per heavy atom. The summed E-state index contributed by atoms with van der Waals surface area (Å²) in [6.07, 6.45) is 0.861. The SMILES string of the molecule is CC(=O)c1cccc(NC(=O)CCN(c2cccc(F)c2)S(C)(=O)=O)c1. The molecular weight excluding hydrogens is 359 g/mol. The van der Waals surface area contributed by atoms with Crippen LogP contribution in [0.15, 0.2) is 48.5 Å². The number of anilines is 2. The van der Waals surface area contributed by atoms with Crippen molar-refractivity contribution in [2.24, 2.45) is 0 Å². The van der Waals surface area contributed by atoms with Crippen molar-refractivity contribution in [1.82, 2.24) is 0 Å². The number of amides is 1. The van der Waals surface area contributed by atoms with Gasteiger partial charge in [-0.05, 0) is 37.3 Å². The van der Waals surface area contributed by atoms with Gasteiger partial charge in [0.2, 0.25) is 15.9 Å². The molecule has 0 saturated heterocycles. The zero-order valence-electron chi connectivity index (χ0n) is 14.4. The van der Waals surface area contributed by atoms with Crippen molar-refractivity contribution in [2.45, 2.75) is 13.3 Å². The van der Waals surface area contributed by atoms with Gasteiger partial charge >= 0.3 is 0 Å². The molecule has 2 aromatic rings. The first-order valence-electron chi connectivity index (χ1n) is 7.81. The van der Waals surface area contributed by atoms with Gasteiger partial charge in [-0.2, -0.15) is 0 Å². The molecule has 0 aromatic heterocycles. The highest BCUT2D eigenvalue weighted by atomic mass is 32.2. The minimum absolute atomic E-state index is 0.129. The van der Waals surface area contributed by atoms with E-state index in [1.165, 1.54) is 25.1 Å². The lowest BCUT2D eigenvalue weighted by Crippen LogP contribution is -2.33. The summed E-state index contributed by atoms with van der Waals surface area (Å²) in [6.45, 7) is 1.28. The van der Waals surface area contributed by atoms with Gasteiger partial charge in [-0.1, -0.05) is 18.2 Å². The predicted molar refractivity (Wildman–Crippen MR) is 98.3 cm³/mol. The highest BCUT2D eigenvalue weighted by molar-refractivity contribution is 7.92. The van der Waals surface area contributed by atoms with Crippen LogP contribution in [-0.2, 0) is 14.8 Å². The van der Waals surface area contributed by atoms with E-state index < -0.39 is 21.7 Å². The molecule has 2 rings (SSSR count). The Labute approximate surface area is 151 Å². The average Bonchev–Trinajstić information content (AvgIpc) is 2.54. The molecule has 0 aliphatic heterocycles. The molecule has 1 amide bonds. The number of Topliss-reactive ketones (excluding diaryl/α,β-unsaturated/α-hetero) is 1. The fraction of sp³-hybridized carbons (Fsp3) is 0.222. The van der Waals surface area contributed by atoms with E-state index in [4.69, 9.17) is 0 Å². The molecule has 0 saturated carbocycles. The van der Waals surface area contributed by atoms with Crippen molar-refractivity contribution in [3.05, 3.63) is 59.9 Å². The molecule has 0 heterocycles. The third-order valence-corrected chi connectivity index (χ3v) is 4.79. The second-order valence-corrected chi connectivity index (χ2v) is 7.66. The smallest absolute Gasteiger partial charge is 0.232 e. The molecule has 0 unspecified atom stereocenters. The van der Waals surface area contributed by atoms with Gasteiger partial charge in [-0.25, -0.2) is 12.8 Å². The lowest BCUT2D eigenvalue weighted by Gasteiger charge is -2.22. The molecule has 0 aliphatic rings. The Balaban J connectivity index is 2.08. The lowest BCUT2D eigenvalue weighted by molar-refractivity contribution is -0.116. The first-order valence-corrected chi connectivity index (χ1v) is 9.66. The van der Waals surface area contributed by atoms with E-state index in [1.807, 2.05) is 0 Å². The summed E-state index contributed by atoms with van der Waals surface area (Å²) in [7, 11) is -3.68. The molecular formula is C18H19FN2O4S. The largest absolute Gasteiger partial charge is 0.326 e. The molecule has 1 N–H and O–H groups in total. The van der Waals surface area contributed by atoms with Gasteiger partial charge in [0, 0.05) is 24.2 Å². The monoisotopic (exact) mass is 378 g/mol. The maximum absolute atomic E-state index is 13.4. The maximum Gasteiger partial charge on any atom is 0.232 e. The quantitative estimate of drug-likeness (QED) is 0.751. The van der Waals surface area contributed by atoms with Crippen molar-refractivity contribution >= 4 is 33.1 Å². The number of carbonyl (C=O) groups excluding carboxylic acids is 2. The molecule has 8 heteroatoms. The van der Waals surface area contributed by atoms with Gasteiger partial charge in [0.1, 0.15) is 5.82 Å². The third-order valence-electron chi connectivity index (χ3n) is 3.59. The van der Waals surface area contributed by atoms with Gasteiger partial charge in [-0.15, -0.1) is 0 Å². The number of carbonyl (C=O) groups is 2. The third kappa shape index (κ3) is 5.38. The average molecular weight is 378 g/mol. The first-order chi connectivity index (χ1) is 12.2. The van der Waals surface area contributed by atoms with Crippen LogP contribution in [0.3, 0.4) is 0 Å². The van der Waals surface area contributed by atoms with E-state index in [1.54, 1.807) is 24.3 Å². The van der Waals surface area contributed by atoms with Crippen molar-refractivity contribution < 1.29 is 22.4 Å². The molecule has 0 fully saturated rings. The number of sulfonamides is 1. The van der Waals surface area contributed by atoms with Crippen LogP contribution in [0.2, 0.25) is 0 Å². The lowest BCUT2D eigenvalue weighted by atomic mass is 10.1. The first kappa shape index (κ1) is 19.6. The molecule has 0 spiro atoms. The van der Waals surface area contributed by atoms with Gasteiger partial charge in [0.15, 0.2) is 5.78 Å². The van der Waals surface area contributed by atoms with Crippen LogP contribution in [0.25, 0.3) is 0 Å². The van der Waals surface area contributed by atoms with Crippen LogP contribution in [0.5, 0.6) is 0 Å². The van der Waals surface area contributed by atoms with Crippen LogP contribution >= 0.6 is 0 Å². The highest BCUT2D eigenvalue weighted by Crippen LogP contribution is 2.19. The van der Waals surface area contributed by atoms with E-state index in [9.17, 15) is 22.4 Å². The summed E-state index contributed by atoms with van der Waals surface area (Å²) in [4.78, 5) is 23.5. The van der Waals surface area contributed by atoms with Crippen LogP contribution in [0.4, 0.5) is 15.8 Å². The predicted octanol–water partition coefficient (Wildman–Crippen LogP) is 2.82. The number of hydrogen-bond donors (Lipinski definition) is 1. The Kier molecular flexibility index (Phi) is 6.10. The van der Waals surface area contributed by atoms with Gasteiger partial charge in [-0.3, -0.25) is 13.9 Å². The van der Waals surface area contributed by atoms with Crippen LogP contribution < -0.4 is 9.62 Å². The Morgan fingerprint density at radius 1 is 1.12 bits per heavy atom. The normalized spacial score (nSPS) is 11.0. The molecule has 0 bridgehead atoms. The summed E-state index contributed by atoms with van der Waals surface area (Å²) in [5.41, 5.74) is 1.05. The summed E-state index contributed by atoms with van der Waals surface area (Å²) in [5.74, 6) is -1.12. The standard InChI is InChI=1S/C18H19FN2O4S/c1-13(22)14-5-3-7-16(11-14)20-18(23)9-10-21(26(2,24)25)17-8-4-6-15(19)12-17/h3-8,11-12H,9-10H2,1-2H3,(H,20,23). The van der Waals surface area contributed by atoms with E-state index in [0.29, 0.717) is 11.3 Å². The number of ketones is 1. The number of halogens is 1. The molecule has 138 valence electrons. The number of hydrogen-bond acceptors (Lipinski definition) is 4. The summed E-state index contributed by atoms with van der Waals surface area (Å²) in [5, 5.41) is 2.62. The van der Waals surface area contributed by atoms with E-state index >= 15 is 0 Å². The highest BCUT2D eigenvalue weighted by Gasteiger charge is 2.19. The van der Waals surface area contributed by atoms with Crippen LogP contribution in [0.1, 0.15) is 23.7 Å². The minimum Gasteiger partial charge on any atom is -0.326 e. The molecule has 0 radical (unpaired) electrons. The number of benzene rings is 2. The molecule has 0 aliphatic carbocycles. The van der Waals surface area contributed by atoms with Crippen LogP contribution in [-0.4, -0.2) is 32.9 Å². The Morgan fingerprint density at radius 3 is 2.42 bits per heavy atom. The van der Waals surface area contributed by atoms with E-state index in [-0.39, 0.29) is 24.4 Å². The second-order valence-electron chi connectivity index (χ2n) is 5.75. The number of rotatable bonds is 7. The summed E-state index contributed by atoms with van der Waals surface area (Å²) >= 11 is 0. The molecule has 0 atom stereocenters. The summed E-state index contributed by atoms with van der Waals surface area (Å²) < 4.78 is 38.3.